The average Bonchev–Trinajstić information content (AvgIpc) is 2.40. The lowest BCUT2D eigenvalue weighted by molar-refractivity contribution is -0.257. The van der Waals surface area contributed by atoms with E-state index in [1.807, 2.05) is 0 Å². The van der Waals surface area contributed by atoms with Crippen LogP contribution in [0.15, 0.2) is 0 Å². The van der Waals surface area contributed by atoms with Crippen LogP contribution in [-0.2, 0) is 4.74 Å². The van der Waals surface area contributed by atoms with Crippen LogP contribution in [0.3, 0.4) is 0 Å². The summed E-state index contributed by atoms with van der Waals surface area (Å²) in [5, 5.41) is 9.51. The molecule has 1 rings (SSSR count). The third kappa shape index (κ3) is 2.86. The Kier molecular flexibility index (Phi) is 3.57. The molecule has 0 bridgehead atoms. The van der Waals surface area contributed by atoms with Crippen LogP contribution in [0.25, 0.3) is 0 Å². The number of aliphatic hydroxyl groups is 1. The van der Waals surface area contributed by atoms with Crippen molar-refractivity contribution in [2.45, 2.75) is 44.2 Å². The number of carbonyl (C=O) groups excluding carboxylic acids is 1. The maximum atomic E-state index is 12.7. The third-order valence-corrected chi connectivity index (χ3v) is 2.60. The molecule has 2 atom stereocenters. The summed E-state index contributed by atoms with van der Waals surface area (Å²) in [5.74, 6) is 0. The van der Waals surface area contributed by atoms with Gasteiger partial charge < -0.3 is 20.5 Å². The molecule has 1 aliphatic heterocycles. The predicted octanol–water partition coefficient (Wildman–Crippen LogP) is 0.858. The van der Waals surface area contributed by atoms with Crippen LogP contribution in [-0.4, -0.2) is 52.6 Å². The van der Waals surface area contributed by atoms with E-state index < -0.39 is 42.6 Å². The Bertz CT molecular complexity index is 340. The van der Waals surface area contributed by atoms with Crippen molar-refractivity contribution >= 4 is 6.09 Å². The summed E-state index contributed by atoms with van der Waals surface area (Å²) in [4.78, 5) is 12.4. The number of halogens is 3. The van der Waals surface area contributed by atoms with Gasteiger partial charge in [0.05, 0.1) is 12.6 Å². The number of hydrogen-bond acceptors (Lipinski definition) is 4. The lowest BCUT2D eigenvalue weighted by Crippen LogP contribution is -2.57. The molecule has 0 aromatic carbocycles. The van der Waals surface area contributed by atoms with Gasteiger partial charge in [0.1, 0.15) is 5.60 Å². The third-order valence-electron chi connectivity index (χ3n) is 2.60. The number of carbonyl (C=O) groups is 1. The molecule has 1 amide bonds. The van der Waals surface area contributed by atoms with E-state index in [2.05, 4.69) is 0 Å². The highest BCUT2D eigenvalue weighted by atomic mass is 19.4. The minimum atomic E-state index is -4.89. The first-order valence-electron chi connectivity index (χ1n) is 5.39. The lowest BCUT2D eigenvalue weighted by atomic mass is 9.98. The van der Waals surface area contributed by atoms with Crippen molar-refractivity contribution < 1.29 is 27.8 Å². The Morgan fingerprint density at radius 3 is 2.28 bits per heavy atom. The molecule has 0 saturated carbocycles. The van der Waals surface area contributed by atoms with Crippen molar-refractivity contribution in [1.29, 1.82) is 0 Å². The van der Waals surface area contributed by atoms with Crippen molar-refractivity contribution in [2.24, 2.45) is 5.73 Å². The molecule has 1 heterocycles. The van der Waals surface area contributed by atoms with Gasteiger partial charge in [-0.15, -0.1) is 0 Å². The maximum absolute atomic E-state index is 12.7. The van der Waals surface area contributed by atoms with Gasteiger partial charge >= 0.3 is 12.3 Å². The van der Waals surface area contributed by atoms with E-state index in [9.17, 15) is 23.1 Å². The Balaban J connectivity index is 2.79. The van der Waals surface area contributed by atoms with Gasteiger partial charge in [-0.1, -0.05) is 0 Å². The Labute approximate surface area is 103 Å². The zero-order valence-corrected chi connectivity index (χ0v) is 10.4. The van der Waals surface area contributed by atoms with Gasteiger partial charge in [0.15, 0.2) is 5.60 Å². The minimum absolute atomic E-state index is 0.398. The summed E-state index contributed by atoms with van der Waals surface area (Å²) in [6, 6.07) is -1.58. The van der Waals surface area contributed by atoms with E-state index in [0.29, 0.717) is 0 Å². The molecule has 5 nitrogen and oxygen atoms in total. The van der Waals surface area contributed by atoms with Crippen LogP contribution >= 0.6 is 0 Å². The number of likely N-dealkylation sites (tertiary alicyclic amines) is 1. The fraction of sp³-hybridized carbons (Fsp3) is 0.900. The van der Waals surface area contributed by atoms with Gasteiger partial charge in [0.25, 0.3) is 0 Å². The highest BCUT2D eigenvalue weighted by molar-refractivity contribution is 5.69. The number of ether oxygens (including phenoxy) is 1. The molecule has 8 heteroatoms. The van der Waals surface area contributed by atoms with Gasteiger partial charge in [-0.05, 0) is 20.8 Å². The summed E-state index contributed by atoms with van der Waals surface area (Å²) in [6.07, 6.45) is -5.80. The van der Waals surface area contributed by atoms with E-state index in [1.54, 1.807) is 20.8 Å². The van der Waals surface area contributed by atoms with Crippen molar-refractivity contribution in [2.75, 3.05) is 13.1 Å². The zero-order valence-electron chi connectivity index (χ0n) is 10.4. The molecule has 0 aliphatic carbocycles. The van der Waals surface area contributed by atoms with Gasteiger partial charge in [-0.25, -0.2) is 4.79 Å². The molecule has 18 heavy (non-hydrogen) atoms. The van der Waals surface area contributed by atoms with E-state index in [4.69, 9.17) is 10.5 Å². The standard InChI is InChI=1S/C10H17F3N2O3/c1-8(2,3)18-7(16)15-4-6(14)9(17,5-15)10(11,12)13/h6,17H,4-5,14H2,1-3H3. The second-order valence-corrected chi connectivity index (χ2v) is 5.39. The summed E-state index contributed by atoms with van der Waals surface area (Å²) >= 11 is 0. The number of nitrogens with two attached hydrogens (primary N) is 1. The first-order chi connectivity index (χ1) is 7.87. The normalized spacial score (nSPS) is 29.6. The fourth-order valence-corrected chi connectivity index (χ4v) is 1.63. The van der Waals surface area contributed by atoms with Crippen LogP contribution in [0.2, 0.25) is 0 Å². The van der Waals surface area contributed by atoms with Gasteiger partial charge in [0.2, 0.25) is 0 Å². The van der Waals surface area contributed by atoms with Gasteiger partial charge in [-0.3, -0.25) is 0 Å². The molecule has 1 aliphatic rings. The SMILES string of the molecule is CC(C)(C)OC(=O)N1CC(N)C(O)(C(F)(F)F)C1. The monoisotopic (exact) mass is 270 g/mol. The number of hydrogen-bond donors (Lipinski definition) is 2. The second kappa shape index (κ2) is 4.27. The molecular weight excluding hydrogens is 253 g/mol. The molecule has 106 valence electrons. The molecule has 3 N–H and O–H groups in total. The van der Waals surface area contributed by atoms with Gasteiger partial charge in [-0.2, -0.15) is 13.2 Å². The number of rotatable bonds is 0. The van der Waals surface area contributed by atoms with E-state index in [-0.39, 0.29) is 0 Å². The molecule has 1 fully saturated rings. The average molecular weight is 270 g/mol. The molecule has 0 radical (unpaired) electrons. The Hall–Kier alpha value is -1.02. The van der Waals surface area contributed by atoms with Crippen LogP contribution in [0.4, 0.5) is 18.0 Å². The quantitative estimate of drug-likeness (QED) is 0.684. The molecular formula is C10H17F3N2O3. The molecule has 1 saturated heterocycles. The molecule has 0 aromatic rings. The Morgan fingerprint density at radius 1 is 1.44 bits per heavy atom. The molecule has 0 spiro atoms. The minimum Gasteiger partial charge on any atom is -0.444 e. The van der Waals surface area contributed by atoms with Gasteiger partial charge in [0, 0.05) is 6.54 Å². The summed E-state index contributed by atoms with van der Waals surface area (Å²) in [6.45, 7) is 3.47. The Morgan fingerprint density at radius 2 is 1.94 bits per heavy atom. The number of nitrogens with zero attached hydrogens (tertiary/aromatic N) is 1. The van der Waals surface area contributed by atoms with Crippen LogP contribution in [0, 0.1) is 0 Å². The highest BCUT2D eigenvalue weighted by Gasteiger charge is 2.62. The van der Waals surface area contributed by atoms with Crippen LogP contribution in [0.5, 0.6) is 0 Å². The number of β-amino-alcohol motifs (C(OH)–C–C–N with tert-alkyl or cyclic N) is 1. The lowest BCUT2D eigenvalue weighted by Gasteiger charge is -2.29. The van der Waals surface area contributed by atoms with Crippen molar-refractivity contribution in [3.05, 3.63) is 0 Å². The van der Waals surface area contributed by atoms with E-state index in [1.165, 1.54) is 0 Å². The molecule has 2 unspecified atom stereocenters. The zero-order chi connectivity index (χ0) is 14.4. The van der Waals surface area contributed by atoms with Crippen molar-refractivity contribution in [3.63, 3.8) is 0 Å². The highest BCUT2D eigenvalue weighted by Crippen LogP contribution is 2.37. The second-order valence-electron chi connectivity index (χ2n) is 5.39. The summed E-state index contributed by atoms with van der Waals surface area (Å²) < 4.78 is 42.9. The molecule has 0 aromatic heterocycles. The number of amides is 1. The number of alkyl halides is 3. The summed E-state index contributed by atoms with van der Waals surface area (Å²) in [5.41, 5.74) is 1.37. The van der Waals surface area contributed by atoms with Crippen molar-refractivity contribution in [1.82, 2.24) is 4.90 Å². The largest absolute Gasteiger partial charge is 0.444 e. The topological polar surface area (TPSA) is 75.8 Å². The predicted molar refractivity (Wildman–Crippen MR) is 56.8 cm³/mol. The maximum Gasteiger partial charge on any atom is 0.420 e. The fourth-order valence-electron chi connectivity index (χ4n) is 1.63. The first-order valence-corrected chi connectivity index (χ1v) is 5.39. The van der Waals surface area contributed by atoms with Crippen molar-refractivity contribution in [3.8, 4) is 0 Å². The summed E-state index contributed by atoms with van der Waals surface area (Å²) in [7, 11) is 0. The van der Waals surface area contributed by atoms with E-state index in [0.717, 1.165) is 4.90 Å². The first kappa shape index (κ1) is 15.0. The van der Waals surface area contributed by atoms with E-state index >= 15 is 0 Å². The van der Waals surface area contributed by atoms with Crippen LogP contribution in [0.1, 0.15) is 20.8 Å². The van der Waals surface area contributed by atoms with Crippen LogP contribution < -0.4 is 5.73 Å². The smallest absolute Gasteiger partial charge is 0.420 e.